The molecule has 0 aromatic carbocycles. The fraction of sp³-hybridized carbons (Fsp3) is 0.655. The van der Waals surface area contributed by atoms with Crippen molar-refractivity contribution in [3.8, 4) is 0 Å². The van der Waals surface area contributed by atoms with Crippen LogP contribution in [0.3, 0.4) is 0 Å². The summed E-state index contributed by atoms with van der Waals surface area (Å²) in [6.07, 6.45) is 64.3. The second kappa shape index (κ2) is 49.0. The van der Waals surface area contributed by atoms with Crippen LogP contribution >= 0.6 is 0 Å². The molecule has 0 aliphatic rings. The van der Waals surface area contributed by atoms with Crippen molar-refractivity contribution in [3.63, 3.8) is 0 Å². The van der Waals surface area contributed by atoms with Crippen molar-refractivity contribution in [3.05, 3.63) is 97.2 Å². The Morgan fingerprint density at radius 3 is 1.25 bits per heavy atom. The average molecular weight is 847 g/mol. The number of hydrogen-bond donors (Lipinski definition) is 0. The molecule has 0 aromatic heterocycles. The van der Waals surface area contributed by atoms with Crippen LogP contribution < -0.4 is 0 Å². The SMILES string of the molecule is CC/C=C\C/C=C\C/C=C\CCCCCCCCCCCC(=O)OCC(COC(=O)C/C=C\C/C=C\C/C=C\CC)OC(=O)CCCCCCCC/C=C\C=C/CCCCC. The molecule has 0 amide bonds. The molecule has 0 fully saturated rings. The zero-order chi connectivity index (χ0) is 44.4. The molecule has 0 aliphatic carbocycles. The van der Waals surface area contributed by atoms with Crippen LogP contribution in [-0.2, 0) is 28.6 Å². The second-order valence-electron chi connectivity index (χ2n) is 16.0. The topological polar surface area (TPSA) is 78.9 Å². The van der Waals surface area contributed by atoms with Crippen LogP contribution in [0.2, 0.25) is 0 Å². The Kier molecular flexibility index (Phi) is 46.0. The normalized spacial score (nSPS) is 12.9. The molecular formula is C55H90O6. The molecule has 0 aliphatic heterocycles. The lowest BCUT2D eigenvalue weighted by Crippen LogP contribution is -2.30. The van der Waals surface area contributed by atoms with Gasteiger partial charge in [-0.3, -0.25) is 14.4 Å². The van der Waals surface area contributed by atoms with Crippen molar-refractivity contribution in [2.24, 2.45) is 0 Å². The number of carbonyl (C=O) groups excluding carboxylic acids is 3. The van der Waals surface area contributed by atoms with Gasteiger partial charge >= 0.3 is 17.9 Å². The molecular weight excluding hydrogens is 757 g/mol. The standard InChI is InChI=1S/C55H90O6/c1-4-7-10-13-16-19-21-23-25-26-27-28-30-31-33-36-39-42-45-48-54(57)60-51-52(50-59-53(56)47-44-41-38-35-18-15-12-9-6-3)61-55(58)49-46-43-40-37-34-32-29-24-22-20-17-14-11-8-5-2/h7,9-10,12,16-20,22-25,35,41,44,52H,4-6,8,11,13-15,21,26-34,36-40,42-43,45-51H2,1-3H3/b10-7-,12-9-,19-16-,20-17-,24-22-,25-23-,35-18-,44-41-. The Balaban J connectivity index is 4.39. The van der Waals surface area contributed by atoms with E-state index in [0.29, 0.717) is 12.8 Å². The molecule has 61 heavy (non-hydrogen) atoms. The first-order chi connectivity index (χ1) is 30.0. The lowest BCUT2D eigenvalue weighted by Gasteiger charge is -2.18. The fourth-order valence-electron chi connectivity index (χ4n) is 6.45. The Morgan fingerprint density at radius 1 is 0.377 bits per heavy atom. The first kappa shape index (κ1) is 57.3. The van der Waals surface area contributed by atoms with Gasteiger partial charge in [-0.25, -0.2) is 0 Å². The molecule has 1 atom stereocenters. The van der Waals surface area contributed by atoms with Crippen molar-refractivity contribution in [2.45, 2.75) is 219 Å². The highest BCUT2D eigenvalue weighted by Crippen LogP contribution is 2.14. The van der Waals surface area contributed by atoms with Gasteiger partial charge in [0.05, 0.1) is 6.42 Å². The molecule has 0 heterocycles. The summed E-state index contributed by atoms with van der Waals surface area (Å²) in [4.78, 5) is 37.8. The van der Waals surface area contributed by atoms with E-state index in [1.54, 1.807) is 6.08 Å². The molecule has 0 saturated carbocycles. The molecule has 6 heteroatoms. The third-order valence-electron chi connectivity index (χ3n) is 10.1. The predicted octanol–water partition coefficient (Wildman–Crippen LogP) is 16.2. The van der Waals surface area contributed by atoms with Gasteiger partial charge in [0.2, 0.25) is 0 Å². The van der Waals surface area contributed by atoms with E-state index in [9.17, 15) is 14.4 Å². The van der Waals surface area contributed by atoms with Gasteiger partial charge in [0.1, 0.15) is 13.2 Å². The predicted molar refractivity (Wildman–Crippen MR) is 260 cm³/mol. The summed E-state index contributed by atoms with van der Waals surface area (Å²) >= 11 is 0. The Labute approximate surface area is 375 Å². The number of carbonyl (C=O) groups is 3. The largest absolute Gasteiger partial charge is 0.462 e. The molecule has 0 rings (SSSR count). The van der Waals surface area contributed by atoms with E-state index in [1.165, 1.54) is 83.5 Å². The number of rotatable bonds is 43. The summed E-state index contributed by atoms with van der Waals surface area (Å²) in [5, 5.41) is 0. The molecule has 0 aromatic rings. The van der Waals surface area contributed by atoms with Crippen LogP contribution in [0.5, 0.6) is 0 Å². The third kappa shape index (κ3) is 47.2. The Hall–Kier alpha value is -3.67. The molecule has 0 radical (unpaired) electrons. The van der Waals surface area contributed by atoms with E-state index >= 15 is 0 Å². The number of hydrogen-bond acceptors (Lipinski definition) is 6. The molecule has 1 unspecified atom stereocenters. The van der Waals surface area contributed by atoms with E-state index in [-0.39, 0.29) is 31.6 Å². The summed E-state index contributed by atoms with van der Waals surface area (Å²) in [7, 11) is 0. The van der Waals surface area contributed by atoms with Crippen LogP contribution in [-0.4, -0.2) is 37.2 Å². The van der Waals surface area contributed by atoms with Crippen molar-refractivity contribution in [1.29, 1.82) is 0 Å². The van der Waals surface area contributed by atoms with Crippen LogP contribution in [0.15, 0.2) is 97.2 Å². The molecule has 346 valence electrons. The van der Waals surface area contributed by atoms with Gasteiger partial charge in [0.15, 0.2) is 6.10 Å². The molecule has 0 saturated heterocycles. The monoisotopic (exact) mass is 847 g/mol. The minimum atomic E-state index is -0.820. The smallest absolute Gasteiger partial charge is 0.309 e. The first-order valence-electron chi connectivity index (χ1n) is 24.8. The molecule has 0 spiro atoms. The van der Waals surface area contributed by atoms with E-state index in [1.807, 2.05) is 6.08 Å². The summed E-state index contributed by atoms with van der Waals surface area (Å²) < 4.78 is 16.6. The maximum Gasteiger partial charge on any atom is 0.309 e. The summed E-state index contributed by atoms with van der Waals surface area (Å²) in [5.41, 5.74) is 0. The minimum absolute atomic E-state index is 0.113. The van der Waals surface area contributed by atoms with E-state index < -0.39 is 12.1 Å². The lowest BCUT2D eigenvalue weighted by atomic mass is 10.1. The highest BCUT2D eigenvalue weighted by atomic mass is 16.6. The molecule has 0 bridgehead atoms. The van der Waals surface area contributed by atoms with Crippen LogP contribution in [0.4, 0.5) is 0 Å². The maximum atomic E-state index is 12.7. The van der Waals surface area contributed by atoms with Crippen molar-refractivity contribution >= 4 is 17.9 Å². The number of esters is 3. The number of ether oxygens (including phenoxy) is 3. The average Bonchev–Trinajstić information content (AvgIpc) is 3.26. The fourth-order valence-corrected chi connectivity index (χ4v) is 6.45. The number of allylic oxidation sites excluding steroid dienone is 15. The van der Waals surface area contributed by atoms with Gasteiger partial charge < -0.3 is 14.2 Å². The highest BCUT2D eigenvalue weighted by molar-refractivity contribution is 5.72. The van der Waals surface area contributed by atoms with E-state index in [2.05, 4.69) is 106 Å². The van der Waals surface area contributed by atoms with Crippen LogP contribution in [0, 0.1) is 0 Å². The van der Waals surface area contributed by atoms with Crippen LogP contribution in [0.1, 0.15) is 213 Å². The van der Waals surface area contributed by atoms with Gasteiger partial charge in [-0.1, -0.05) is 201 Å². The van der Waals surface area contributed by atoms with Gasteiger partial charge in [0, 0.05) is 12.8 Å². The summed E-state index contributed by atoms with van der Waals surface area (Å²) in [6.45, 7) is 6.25. The zero-order valence-corrected chi connectivity index (χ0v) is 39.4. The first-order valence-corrected chi connectivity index (χ1v) is 24.8. The van der Waals surface area contributed by atoms with E-state index in [0.717, 1.165) is 89.9 Å². The minimum Gasteiger partial charge on any atom is -0.462 e. The van der Waals surface area contributed by atoms with Crippen LogP contribution in [0.25, 0.3) is 0 Å². The quantitative estimate of drug-likeness (QED) is 0.0200. The van der Waals surface area contributed by atoms with Gasteiger partial charge in [-0.15, -0.1) is 0 Å². The van der Waals surface area contributed by atoms with Gasteiger partial charge in [-0.05, 0) is 89.9 Å². The highest BCUT2D eigenvalue weighted by Gasteiger charge is 2.19. The summed E-state index contributed by atoms with van der Waals surface area (Å²) in [6, 6.07) is 0. The third-order valence-corrected chi connectivity index (χ3v) is 10.1. The Bertz CT molecular complexity index is 1250. The van der Waals surface area contributed by atoms with Crippen molar-refractivity contribution < 1.29 is 28.6 Å². The zero-order valence-electron chi connectivity index (χ0n) is 39.4. The van der Waals surface area contributed by atoms with Gasteiger partial charge in [-0.2, -0.15) is 0 Å². The lowest BCUT2D eigenvalue weighted by molar-refractivity contribution is -0.166. The van der Waals surface area contributed by atoms with Crippen molar-refractivity contribution in [1.82, 2.24) is 0 Å². The second-order valence-corrected chi connectivity index (χ2v) is 16.0. The van der Waals surface area contributed by atoms with E-state index in [4.69, 9.17) is 14.2 Å². The Morgan fingerprint density at radius 2 is 0.754 bits per heavy atom. The summed E-state index contributed by atoms with van der Waals surface area (Å²) in [5.74, 6) is -1.07. The maximum absolute atomic E-state index is 12.7. The number of unbranched alkanes of at least 4 members (excludes halogenated alkanes) is 18. The van der Waals surface area contributed by atoms with Crippen molar-refractivity contribution in [2.75, 3.05) is 13.2 Å². The van der Waals surface area contributed by atoms with Gasteiger partial charge in [0.25, 0.3) is 0 Å². The molecule has 6 nitrogen and oxygen atoms in total. The molecule has 0 N–H and O–H groups in total.